The van der Waals surface area contributed by atoms with E-state index in [4.69, 9.17) is 11.0 Å². The van der Waals surface area contributed by atoms with Gasteiger partial charge in [0.2, 0.25) is 0 Å². The second-order valence-corrected chi connectivity index (χ2v) is 4.23. The SMILES string of the molecule is N#CCc1ccc(NC(=O)c2ccnc(CN)c2)cc1. The zero-order valence-corrected chi connectivity index (χ0v) is 10.8. The summed E-state index contributed by atoms with van der Waals surface area (Å²) in [5, 5.41) is 11.4. The Bertz CT molecular complexity index is 644. The average molecular weight is 266 g/mol. The molecule has 0 saturated heterocycles. The highest BCUT2D eigenvalue weighted by Crippen LogP contribution is 2.12. The molecule has 1 aromatic heterocycles. The van der Waals surface area contributed by atoms with E-state index in [0.717, 1.165) is 5.56 Å². The Morgan fingerprint density at radius 2 is 2.05 bits per heavy atom. The Morgan fingerprint density at radius 1 is 1.30 bits per heavy atom. The molecule has 0 aliphatic heterocycles. The van der Waals surface area contributed by atoms with Crippen LogP contribution in [-0.4, -0.2) is 10.9 Å². The minimum Gasteiger partial charge on any atom is -0.325 e. The van der Waals surface area contributed by atoms with Crippen molar-refractivity contribution in [2.45, 2.75) is 13.0 Å². The van der Waals surface area contributed by atoms with E-state index in [1.807, 2.05) is 12.1 Å². The van der Waals surface area contributed by atoms with Crippen molar-refractivity contribution in [3.63, 3.8) is 0 Å². The minimum atomic E-state index is -0.213. The van der Waals surface area contributed by atoms with Crippen molar-refractivity contribution >= 4 is 11.6 Å². The number of nitriles is 1. The Balaban J connectivity index is 2.09. The first kappa shape index (κ1) is 13.7. The number of amides is 1. The number of hydrogen-bond donors (Lipinski definition) is 2. The van der Waals surface area contributed by atoms with E-state index in [2.05, 4.69) is 16.4 Å². The molecular formula is C15H14N4O. The van der Waals surface area contributed by atoms with Crippen LogP contribution >= 0.6 is 0 Å². The number of rotatable bonds is 4. The number of benzene rings is 1. The highest BCUT2D eigenvalue weighted by molar-refractivity contribution is 6.04. The minimum absolute atomic E-state index is 0.213. The molecule has 0 aliphatic rings. The molecular weight excluding hydrogens is 252 g/mol. The lowest BCUT2D eigenvalue weighted by atomic mass is 10.1. The van der Waals surface area contributed by atoms with Crippen LogP contribution in [0.4, 0.5) is 5.69 Å². The van der Waals surface area contributed by atoms with Crippen LogP contribution in [0.2, 0.25) is 0 Å². The van der Waals surface area contributed by atoms with E-state index in [1.165, 1.54) is 0 Å². The smallest absolute Gasteiger partial charge is 0.255 e. The van der Waals surface area contributed by atoms with Crippen molar-refractivity contribution in [3.05, 3.63) is 59.4 Å². The maximum atomic E-state index is 12.1. The Labute approximate surface area is 117 Å². The van der Waals surface area contributed by atoms with Gasteiger partial charge < -0.3 is 11.1 Å². The lowest BCUT2D eigenvalue weighted by Gasteiger charge is -2.06. The van der Waals surface area contributed by atoms with Crippen molar-refractivity contribution in [2.75, 3.05) is 5.32 Å². The van der Waals surface area contributed by atoms with Crippen molar-refractivity contribution in [2.24, 2.45) is 5.73 Å². The lowest BCUT2D eigenvalue weighted by molar-refractivity contribution is 0.102. The topological polar surface area (TPSA) is 91.8 Å². The molecule has 1 heterocycles. The average Bonchev–Trinajstić information content (AvgIpc) is 2.49. The fourth-order valence-corrected chi connectivity index (χ4v) is 1.73. The van der Waals surface area contributed by atoms with Gasteiger partial charge in [-0.05, 0) is 29.8 Å². The molecule has 1 amide bonds. The maximum absolute atomic E-state index is 12.1. The molecule has 3 N–H and O–H groups in total. The molecule has 0 atom stereocenters. The van der Waals surface area contributed by atoms with Gasteiger partial charge in [-0.25, -0.2) is 0 Å². The molecule has 0 spiro atoms. The number of nitrogens with one attached hydrogen (secondary N) is 1. The standard InChI is InChI=1S/C15H14N4O/c16-7-5-11-1-3-13(4-2-11)19-15(20)12-6-8-18-14(9-12)10-17/h1-4,6,8-9H,5,10,17H2,(H,19,20). The maximum Gasteiger partial charge on any atom is 0.255 e. The first-order chi connectivity index (χ1) is 9.72. The van der Waals surface area contributed by atoms with Crippen LogP contribution in [0.15, 0.2) is 42.6 Å². The molecule has 0 radical (unpaired) electrons. The molecule has 0 bridgehead atoms. The van der Waals surface area contributed by atoms with E-state index in [-0.39, 0.29) is 5.91 Å². The molecule has 0 fully saturated rings. The number of nitrogens with zero attached hydrogens (tertiary/aromatic N) is 2. The molecule has 2 rings (SSSR count). The normalized spacial score (nSPS) is 9.80. The third kappa shape index (κ3) is 3.40. The Kier molecular flexibility index (Phi) is 4.43. The predicted octanol–water partition coefficient (Wildman–Crippen LogP) is 1.86. The zero-order valence-electron chi connectivity index (χ0n) is 10.8. The molecule has 0 saturated carbocycles. The molecule has 5 nitrogen and oxygen atoms in total. The van der Waals surface area contributed by atoms with Crippen molar-refractivity contribution in [1.29, 1.82) is 5.26 Å². The van der Waals surface area contributed by atoms with Crippen LogP contribution in [0.5, 0.6) is 0 Å². The van der Waals surface area contributed by atoms with Crippen molar-refractivity contribution < 1.29 is 4.79 Å². The zero-order chi connectivity index (χ0) is 14.4. The Morgan fingerprint density at radius 3 is 2.70 bits per heavy atom. The lowest BCUT2D eigenvalue weighted by Crippen LogP contribution is -2.13. The van der Waals surface area contributed by atoms with Crippen molar-refractivity contribution in [1.82, 2.24) is 4.98 Å². The number of aromatic nitrogens is 1. The number of hydrogen-bond acceptors (Lipinski definition) is 4. The number of pyridine rings is 1. The quantitative estimate of drug-likeness (QED) is 0.883. The van der Waals surface area contributed by atoms with Gasteiger partial charge in [-0.3, -0.25) is 9.78 Å². The predicted molar refractivity (Wildman–Crippen MR) is 75.8 cm³/mol. The first-order valence-electron chi connectivity index (χ1n) is 6.15. The molecule has 5 heteroatoms. The monoisotopic (exact) mass is 266 g/mol. The second-order valence-electron chi connectivity index (χ2n) is 4.23. The molecule has 20 heavy (non-hydrogen) atoms. The van der Waals surface area contributed by atoms with E-state index in [1.54, 1.807) is 30.5 Å². The number of nitrogens with two attached hydrogens (primary N) is 1. The van der Waals surface area contributed by atoms with Gasteiger partial charge in [-0.1, -0.05) is 12.1 Å². The van der Waals surface area contributed by atoms with Gasteiger partial charge in [0.05, 0.1) is 18.2 Å². The summed E-state index contributed by atoms with van der Waals surface area (Å²) >= 11 is 0. The second kappa shape index (κ2) is 6.45. The van der Waals surface area contributed by atoms with Crippen LogP contribution < -0.4 is 11.1 Å². The molecule has 2 aromatic rings. The summed E-state index contributed by atoms with van der Waals surface area (Å²) in [5.74, 6) is -0.213. The largest absolute Gasteiger partial charge is 0.325 e. The summed E-state index contributed by atoms with van der Waals surface area (Å²) in [5.41, 5.74) is 8.28. The first-order valence-corrected chi connectivity index (χ1v) is 6.15. The van der Waals surface area contributed by atoms with Crippen LogP contribution in [0, 0.1) is 11.3 Å². The van der Waals surface area contributed by atoms with Gasteiger partial charge in [-0.15, -0.1) is 0 Å². The molecule has 1 aromatic carbocycles. The van der Waals surface area contributed by atoms with E-state index in [9.17, 15) is 4.79 Å². The van der Waals surface area contributed by atoms with Crippen LogP contribution in [0.3, 0.4) is 0 Å². The van der Waals surface area contributed by atoms with Gasteiger partial charge in [0.1, 0.15) is 0 Å². The fourth-order valence-electron chi connectivity index (χ4n) is 1.73. The van der Waals surface area contributed by atoms with E-state index in [0.29, 0.717) is 29.9 Å². The molecule has 0 unspecified atom stereocenters. The summed E-state index contributed by atoms with van der Waals surface area (Å²) in [6.07, 6.45) is 1.92. The number of carbonyl (C=O) groups excluding carboxylic acids is 1. The summed E-state index contributed by atoms with van der Waals surface area (Å²) in [4.78, 5) is 16.1. The summed E-state index contributed by atoms with van der Waals surface area (Å²) in [6.45, 7) is 0.296. The van der Waals surface area contributed by atoms with Gasteiger partial charge in [0.15, 0.2) is 0 Å². The molecule has 100 valence electrons. The van der Waals surface area contributed by atoms with Gasteiger partial charge in [0, 0.05) is 24.0 Å². The summed E-state index contributed by atoms with van der Waals surface area (Å²) in [7, 11) is 0. The van der Waals surface area contributed by atoms with Crippen molar-refractivity contribution in [3.8, 4) is 6.07 Å². The highest BCUT2D eigenvalue weighted by atomic mass is 16.1. The number of carbonyl (C=O) groups is 1. The van der Waals surface area contributed by atoms with Gasteiger partial charge >= 0.3 is 0 Å². The summed E-state index contributed by atoms with van der Waals surface area (Å²) < 4.78 is 0. The summed E-state index contributed by atoms with van der Waals surface area (Å²) in [6, 6.07) is 12.6. The highest BCUT2D eigenvalue weighted by Gasteiger charge is 2.07. The third-order valence-corrected chi connectivity index (χ3v) is 2.78. The van der Waals surface area contributed by atoms with Gasteiger partial charge in [-0.2, -0.15) is 5.26 Å². The van der Waals surface area contributed by atoms with Crippen LogP contribution in [-0.2, 0) is 13.0 Å². The van der Waals surface area contributed by atoms with Gasteiger partial charge in [0.25, 0.3) is 5.91 Å². The van der Waals surface area contributed by atoms with E-state index < -0.39 is 0 Å². The Hall–Kier alpha value is -2.71. The van der Waals surface area contributed by atoms with Crippen LogP contribution in [0.1, 0.15) is 21.6 Å². The third-order valence-electron chi connectivity index (χ3n) is 2.78. The molecule has 0 aliphatic carbocycles. The fraction of sp³-hybridized carbons (Fsp3) is 0.133. The van der Waals surface area contributed by atoms with E-state index >= 15 is 0 Å². The number of anilines is 1. The van der Waals surface area contributed by atoms with Crippen LogP contribution in [0.25, 0.3) is 0 Å².